The number of carbonyl (C=O) groups excluding carboxylic acids is 2. The van der Waals surface area contributed by atoms with Gasteiger partial charge >= 0.3 is 0 Å². The molecule has 1 atom stereocenters. The quantitative estimate of drug-likeness (QED) is 0.740. The van der Waals surface area contributed by atoms with Crippen molar-refractivity contribution in [3.63, 3.8) is 0 Å². The van der Waals surface area contributed by atoms with E-state index in [4.69, 9.17) is 4.42 Å². The molecule has 9 heteroatoms. The van der Waals surface area contributed by atoms with E-state index < -0.39 is 23.5 Å². The number of fused-ring (bicyclic) bond motifs is 1. The van der Waals surface area contributed by atoms with Gasteiger partial charge in [-0.05, 0) is 24.3 Å². The molecule has 0 spiro atoms. The molecule has 1 aliphatic rings. The summed E-state index contributed by atoms with van der Waals surface area (Å²) >= 11 is 0. The third kappa shape index (κ3) is 2.97. The highest BCUT2D eigenvalue weighted by Crippen LogP contribution is 2.41. The molecule has 3 aromatic rings. The van der Waals surface area contributed by atoms with Crippen LogP contribution in [0.5, 0.6) is 0 Å². The summed E-state index contributed by atoms with van der Waals surface area (Å²) in [6.45, 7) is 0. The van der Waals surface area contributed by atoms with Gasteiger partial charge in [-0.15, -0.1) is 0 Å². The van der Waals surface area contributed by atoms with Gasteiger partial charge in [0.25, 0.3) is 5.91 Å². The number of nitrogens with zero attached hydrogens (tertiary/aromatic N) is 2. The number of aryl methyl sites for hydroxylation is 1. The maximum Gasteiger partial charge on any atom is 0.259 e. The van der Waals surface area contributed by atoms with Gasteiger partial charge in [0.1, 0.15) is 23.2 Å². The minimum absolute atomic E-state index is 0.111. The summed E-state index contributed by atoms with van der Waals surface area (Å²) in [5, 5.41) is 9.50. The van der Waals surface area contributed by atoms with E-state index in [9.17, 15) is 18.4 Å². The van der Waals surface area contributed by atoms with Gasteiger partial charge in [-0.25, -0.2) is 8.78 Å². The highest BCUT2D eigenvalue weighted by Gasteiger charge is 2.35. The van der Waals surface area contributed by atoms with Gasteiger partial charge < -0.3 is 15.1 Å². The number of benzene rings is 1. The van der Waals surface area contributed by atoms with Crippen molar-refractivity contribution in [3.05, 3.63) is 65.1 Å². The molecule has 1 aliphatic heterocycles. The monoisotopic (exact) mass is 372 g/mol. The molecule has 0 fully saturated rings. The molecule has 27 heavy (non-hydrogen) atoms. The molecule has 7 nitrogen and oxygen atoms in total. The Morgan fingerprint density at radius 3 is 2.89 bits per heavy atom. The molecule has 4 rings (SSSR count). The van der Waals surface area contributed by atoms with Crippen LogP contribution in [-0.4, -0.2) is 21.6 Å². The number of aromatic nitrogens is 2. The van der Waals surface area contributed by atoms with E-state index >= 15 is 0 Å². The zero-order valence-corrected chi connectivity index (χ0v) is 14.1. The van der Waals surface area contributed by atoms with Crippen molar-refractivity contribution in [3.8, 4) is 0 Å². The SMILES string of the molecule is Cn1nc(NC(=O)c2ccc(F)cc2F)c2c1NC(=O)C[C@H]2c1ccco1. The van der Waals surface area contributed by atoms with Crippen LogP contribution in [0, 0.1) is 11.6 Å². The second-order valence-corrected chi connectivity index (χ2v) is 6.13. The van der Waals surface area contributed by atoms with Gasteiger partial charge in [-0.3, -0.25) is 14.3 Å². The third-order valence-electron chi connectivity index (χ3n) is 4.37. The Hall–Kier alpha value is -3.49. The number of rotatable bonds is 3. The molecular formula is C18H14F2N4O3. The summed E-state index contributed by atoms with van der Waals surface area (Å²) in [5.74, 6) is -2.07. The molecule has 2 aromatic heterocycles. The number of carbonyl (C=O) groups is 2. The van der Waals surface area contributed by atoms with Crippen LogP contribution < -0.4 is 10.6 Å². The van der Waals surface area contributed by atoms with E-state index in [1.54, 1.807) is 19.2 Å². The van der Waals surface area contributed by atoms with Gasteiger partial charge in [0.2, 0.25) is 5.91 Å². The fourth-order valence-corrected chi connectivity index (χ4v) is 3.16. The molecule has 1 aromatic carbocycles. The van der Waals surface area contributed by atoms with E-state index in [-0.39, 0.29) is 23.7 Å². The highest BCUT2D eigenvalue weighted by molar-refractivity contribution is 6.05. The summed E-state index contributed by atoms with van der Waals surface area (Å²) in [6.07, 6.45) is 1.60. The minimum Gasteiger partial charge on any atom is -0.469 e. The van der Waals surface area contributed by atoms with Gasteiger partial charge in [-0.2, -0.15) is 5.10 Å². The fraction of sp³-hybridized carbons (Fsp3) is 0.167. The van der Waals surface area contributed by atoms with Crippen molar-refractivity contribution in [1.82, 2.24) is 9.78 Å². The first kappa shape index (κ1) is 17.0. The lowest BCUT2D eigenvalue weighted by Gasteiger charge is -2.22. The summed E-state index contributed by atoms with van der Waals surface area (Å²) in [5.41, 5.74) is 0.244. The molecular weight excluding hydrogens is 358 g/mol. The Labute approximate surface area is 152 Å². The van der Waals surface area contributed by atoms with Gasteiger partial charge in [0.15, 0.2) is 5.82 Å². The maximum atomic E-state index is 13.9. The van der Waals surface area contributed by atoms with E-state index in [2.05, 4.69) is 15.7 Å². The van der Waals surface area contributed by atoms with Crippen molar-refractivity contribution < 1.29 is 22.8 Å². The Bertz CT molecular complexity index is 1040. The van der Waals surface area contributed by atoms with Crippen LogP contribution in [0.25, 0.3) is 0 Å². The number of nitrogens with one attached hydrogen (secondary N) is 2. The first-order chi connectivity index (χ1) is 12.9. The lowest BCUT2D eigenvalue weighted by atomic mass is 9.91. The topological polar surface area (TPSA) is 89.2 Å². The smallest absolute Gasteiger partial charge is 0.259 e. The molecule has 0 radical (unpaired) electrons. The second kappa shape index (κ2) is 6.35. The van der Waals surface area contributed by atoms with Crippen LogP contribution >= 0.6 is 0 Å². The molecule has 2 amide bonds. The fourth-order valence-electron chi connectivity index (χ4n) is 3.16. The number of hydrogen-bond acceptors (Lipinski definition) is 4. The van der Waals surface area contributed by atoms with Crippen LogP contribution in [0.2, 0.25) is 0 Å². The normalized spacial score (nSPS) is 16.0. The van der Waals surface area contributed by atoms with E-state index in [1.807, 2.05) is 0 Å². The molecule has 0 aliphatic carbocycles. The van der Waals surface area contributed by atoms with E-state index in [0.717, 1.165) is 12.1 Å². The second-order valence-electron chi connectivity index (χ2n) is 6.13. The molecule has 3 heterocycles. The zero-order valence-electron chi connectivity index (χ0n) is 14.1. The predicted molar refractivity (Wildman–Crippen MR) is 91.3 cm³/mol. The first-order valence-electron chi connectivity index (χ1n) is 8.10. The number of anilines is 2. The summed E-state index contributed by atoms with van der Waals surface area (Å²) in [6, 6.07) is 6.11. The average Bonchev–Trinajstić information content (AvgIpc) is 3.23. The molecule has 0 unspecified atom stereocenters. The summed E-state index contributed by atoms with van der Waals surface area (Å²) in [7, 11) is 1.61. The Balaban J connectivity index is 1.73. The van der Waals surface area contributed by atoms with Crippen molar-refractivity contribution >= 4 is 23.5 Å². The summed E-state index contributed by atoms with van der Waals surface area (Å²) < 4.78 is 33.8. The Kier molecular flexibility index (Phi) is 3.98. The van der Waals surface area contributed by atoms with Gasteiger partial charge in [-0.1, -0.05) is 0 Å². The maximum absolute atomic E-state index is 13.9. The van der Waals surface area contributed by atoms with Crippen LogP contribution in [-0.2, 0) is 11.8 Å². The highest BCUT2D eigenvalue weighted by atomic mass is 19.1. The lowest BCUT2D eigenvalue weighted by Crippen LogP contribution is -2.25. The van der Waals surface area contributed by atoms with Gasteiger partial charge in [0, 0.05) is 19.5 Å². The minimum atomic E-state index is -0.979. The first-order valence-corrected chi connectivity index (χ1v) is 8.10. The average molecular weight is 372 g/mol. The predicted octanol–water partition coefficient (Wildman–Crippen LogP) is 3.02. The third-order valence-corrected chi connectivity index (χ3v) is 4.37. The Morgan fingerprint density at radius 1 is 1.37 bits per heavy atom. The lowest BCUT2D eigenvalue weighted by molar-refractivity contribution is -0.116. The molecule has 0 bridgehead atoms. The largest absolute Gasteiger partial charge is 0.469 e. The number of hydrogen-bond donors (Lipinski definition) is 2. The number of furan rings is 1. The molecule has 0 saturated heterocycles. The molecule has 0 saturated carbocycles. The van der Waals surface area contributed by atoms with Crippen molar-refractivity contribution in [2.75, 3.05) is 10.6 Å². The van der Waals surface area contributed by atoms with E-state index in [1.165, 1.54) is 10.9 Å². The van der Waals surface area contributed by atoms with Crippen molar-refractivity contribution in [2.45, 2.75) is 12.3 Å². The number of halogens is 2. The van der Waals surface area contributed by atoms with Crippen molar-refractivity contribution in [2.24, 2.45) is 7.05 Å². The van der Waals surface area contributed by atoms with E-state index in [0.29, 0.717) is 23.2 Å². The van der Waals surface area contributed by atoms with Crippen LogP contribution in [0.1, 0.15) is 34.0 Å². The molecule has 2 N–H and O–H groups in total. The molecule has 138 valence electrons. The number of amides is 2. The van der Waals surface area contributed by atoms with Gasteiger partial charge in [0.05, 0.1) is 23.3 Å². The van der Waals surface area contributed by atoms with Crippen LogP contribution in [0.3, 0.4) is 0 Å². The Morgan fingerprint density at radius 2 is 2.19 bits per heavy atom. The van der Waals surface area contributed by atoms with Crippen LogP contribution in [0.15, 0.2) is 41.0 Å². The standard InChI is InChI=1S/C18H14F2N4O3/c1-24-17-15(11(8-14(25)21-17)13-3-2-6-27-13)16(23-24)22-18(26)10-5-4-9(19)7-12(10)20/h2-7,11H,8H2,1H3,(H,21,25)(H,22,23,26)/t11-/m0/s1. The van der Waals surface area contributed by atoms with Crippen LogP contribution in [0.4, 0.5) is 20.4 Å². The summed E-state index contributed by atoms with van der Waals surface area (Å²) in [4.78, 5) is 24.5. The zero-order chi connectivity index (χ0) is 19.1. The van der Waals surface area contributed by atoms with Crippen molar-refractivity contribution in [1.29, 1.82) is 0 Å².